The standard InChI is InChI=1S/C26H18N6O2/c33-25(18-9-12-27-13-10-18)31-19-7-5-17(6-8-19)23-15-24(30-16-29-23)32-26(34)21-11-14-28-22-4-2-1-3-20(21)22/h1-16H,(H,31,33)(H,29,30,32,34). The molecule has 0 saturated carbocycles. The summed E-state index contributed by atoms with van der Waals surface area (Å²) in [5, 5.41) is 6.45. The number of hydrogen-bond donors (Lipinski definition) is 2. The number of nitrogens with one attached hydrogen (secondary N) is 2. The van der Waals surface area contributed by atoms with E-state index in [1.54, 1.807) is 55.0 Å². The van der Waals surface area contributed by atoms with Crippen LogP contribution in [0.25, 0.3) is 22.2 Å². The van der Waals surface area contributed by atoms with Crippen molar-refractivity contribution in [1.29, 1.82) is 0 Å². The number of benzene rings is 2. The molecule has 164 valence electrons. The summed E-state index contributed by atoms with van der Waals surface area (Å²) in [5.41, 5.74) is 3.88. The molecular formula is C26H18N6O2. The van der Waals surface area contributed by atoms with E-state index in [1.165, 1.54) is 6.33 Å². The number of amides is 2. The number of fused-ring (bicyclic) bond motifs is 1. The summed E-state index contributed by atoms with van der Waals surface area (Å²) in [7, 11) is 0. The molecule has 0 aliphatic heterocycles. The van der Waals surface area contributed by atoms with Gasteiger partial charge in [0.2, 0.25) is 0 Å². The number of aromatic nitrogens is 4. The minimum atomic E-state index is -0.280. The fourth-order valence-corrected chi connectivity index (χ4v) is 3.49. The van der Waals surface area contributed by atoms with Gasteiger partial charge in [-0.25, -0.2) is 9.97 Å². The average Bonchev–Trinajstić information content (AvgIpc) is 2.89. The van der Waals surface area contributed by atoms with E-state index in [-0.39, 0.29) is 11.8 Å². The molecule has 0 aliphatic carbocycles. The maximum Gasteiger partial charge on any atom is 0.257 e. The fraction of sp³-hybridized carbons (Fsp3) is 0. The van der Waals surface area contributed by atoms with Crippen LogP contribution in [-0.2, 0) is 0 Å². The third-order valence-corrected chi connectivity index (χ3v) is 5.18. The second-order valence-corrected chi connectivity index (χ2v) is 7.39. The van der Waals surface area contributed by atoms with E-state index in [1.807, 2.05) is 36.4 Å². The van der Waals surface area contributed by atoms with Gasteiger partial charge in [0.15, 0.2) is 0 Å². The smallest absolute Gasteiger partial charge is 0.257 e. The van der Waals surface area contributed by atoms with Crippen LogP contribution in [0.4, 0.5) is 11.5 Å². The van der Waals surface area contributed by atoms with Crippen LogP contribution in [0.1, 0.15) is 20.7 Å². The van der Waals surface area contributed by atoms with Gasteiger partial charge in [0, 0.05) is 46.9 Å². The van der Waals surface area contributed by atoms with Crippen LogP contribution >= 0.6 is 0 Å². The summed E-state index contributed by atoms with van der Waals surface area (Å²) in [4.78, 5) is 41.9. The third-order valence-electron chi connectivity index (χ3n) is 5.18. The molecule has 2 aromatic carbocycles. The van der Waals surface area contributed by atoms with E-state index in [0.717, 1.165) is 16.5 Å². The number of carbonyl (C=O) groups is 2. The predicted molar refractivity (Wildman–Crippen MR) is 129 cm³/mol. The first-order valence-corrected chi connectivity index (χ1v) is 10.5. The molecule has 0 fully saturated rings. The van der Waals surface area contributed by atoms with Gasteiger partial charge in [-0.1, -0.05) is 30.3 Å². The van der Waals surface area contributed by atoms with Crippen molar-refractivity contribution in [3.8, 4) is 11.3 Å². The van der Waals surface area contributed by atoms with Crippen molar-refractivity contribution in [1.82, 2.24) is 19.9 Å². The van der Waals surface area contributed by atoms with Gasteiger partial charge in [-0.2, -0.15) is 0 Å². The molecule has 0 saturated heterocycles. The maximum absolute atomic E-state index is 12.9. The van der Waals surface area contributed by atoms with Crippen molar-refractivity contribution in [2.45, 2.75) is 0 Å². The Morgan fingerprint density at radius 3 is 2.32 bits per heavy atom. The molecule has 8 heteroatoms. The number of rotatable bonds is 5. The van der Waals surface area contributed by atoms with E-state index >= 15 is 0 Å². The van der Waals surface area contributed by atoms with Crippen LogP contribution in [0, 0.1) is 0 Å². The van der Waals surface area contributed by atoms with Crippen LogP contribution in [0.3, 0.4) is 0 Å². The molecule has 0 radical (unpaired) electrons. The molecular weight excluding hydrogens is 428 g/mol. The second kappa shape index (κ2) is 9.25. The summed E-state index contributed by atoms with van der Waals surface area (Å²) < 4.78 is 0. The first-order chi connectivity index (χ1) is 16.7. The monoisotopic (exact) mass is 446 g/mol. The van der Waals surface area contributed by atoms with Crippen LogP contribution in [0.15, 0.2) is 97.7 Å². The lowest BCUT2D eigenvalue weighted by atomic mass is 10.1. The van der Waals surface area contributed by atoms with Crippen LogP contribution in [-0.4, -0.2) is 31.8 Å². The highest BCUT2D eigenvalue weighted by atomic mass is 16.2. The molecule has 34 heavy (non-hydrogen) atoms. The van der Waals surface area contributed by atoms with E-state index in [0.29, 0.717) is 28.3 Å². The Balaban J connectivity index is 1.32. The summed E-state index contributed by atoms with van der Waals surface area (Å²) >= 11 is 0. The predicted octanol–water partition coefficient (Wildman–Crippen LogP) is 4.59. The molecule has 2 N–H and O–H groups in total. The highest BCUT2D eigenvalue weighted by molar-refractivity contribution is 6.12. The Morgan fingerprint density at radius 2 is 1.50 bits per heavy atom. The Labute approximate surface area is 194 Å². The molecule has 0 spiro atoms. The van der Waals surface area contributed by atoms with Crippen molar-refractivity contribution in [3.05, 3.63) is 109 Å². The molecule has 0 unspecified atom stereocenters. The Kier molecular flexibility index (Phi) is 5.69. The summed E-state index contributed by atoms with van der Waals surface area (Å²) in [6.45, 7) is 0. The number of carbonyl (C=O) groups excluding carboxylic acids is 2. The Bertz CT molecular complexity index is 1480. The number of hydrogen-bond acceptors (Lipinski definition) is 6. The van der Waals surface area contributed by atoms with Crippen molar-refractivity contribution in [2.24, 2.45) is 0 Å². The normalized spacial score (nSPS) is 10.6. The number of pyridine rings is 2. The Morgan fingerprint density at radius 1 is 0.706 bits per heavy atom. The molecule has 5 aromatic rings. The minimum Gasteiger partial charge on any atom is -0.322 e. The van der Waals surface area contributed by atoms with Gasteiger partial charge in [0.25, 0.3) is 11.8 Å². The quantitative estimate of drug-likeness (QED) is 0.409. The largest absolute Gasteiger partial charge is 0.322 e. The number of anilines is 2. The van der Waals surface area contributed by atoms with E-state index in [2.05, 4.69) is 30.6 Å². The zero-order chi connectivity index (χ0) is 23.3. The molecule has 0 aliphatic rings. The van der Waals surface area contributed by atoms with Crippen LogP contribution < -0.4 is 10.6 Å². The van der Waals surface area contributed by atoms with Gasteiger partial charge in [-0.15, -0.1) is 0 Å². The SMILES string of the molecule is O=C(Nc1ccc(-c2cc(NC(=O)c3ccnc4ccccc34)ncn2)cc1)c1ccncc1. The summed E-state index contributed by atoms with van der Waals surface area (Å²) in [5.74, 6) is -0.116. The minimum absolute atomic E-state index is 0.217. The maximum atomic E-state index is 12.9. The van der Waals surface area contributed by atoms with E-state index in [9.17, 15) is 9.59 Å². The summed E-state index contributed by atoms with van der Waals surface area (Å²) in [6.07, 6.45) is 6.15. The first-order valence-electron chi connectivity index (χ1n) is 10.5. The number of para-hydroxylation sites is 1. The summed E-state index contributed by atoms with van der Waals surface area (Å²) in [6, 6.07) is 21.4. The lowest BCUT2D eigenvalue weighted by Gasteiger charge is -2.09. The lowest BCUT2D eigenvalue weighted by Crippen LogP contribution is -2.14. The Hall–Kier alpha value is -4.98. The lowest BCUT2D eigenvalue weighted by molar-refractivity contribution is 0.101. The van der Waals surface area contributed by atoms with Crippen molar-refractivity contribution >= 4 is 34.2 Å². The van der Waals surface area contributed by atoms with Gasteiger partial charge in [-0.05, 0) is 36.4 Å². The van der Waals surface area contributed by atoms with Crippen molar-refractivity contribution in [3.63, 3.8) is 0 Å². The molecule has 0 bridgehead atoms. The molecule has 3 heterocycles. The van der Waals surface area contributed by atoms with Crippen molar-refractivity contribution in [2.75, 3.05) is 10.6 Å². The highest BCUT2D eigenvalue weighted by Crippen LogP contribution is 2.22. The van der Waals surface area contributed by atoms with E-state index < -0.39 is 0 Å². The zero-order valence-electron chi connectivity index (χ0n) is 17.8. The molecule has 8 nitrogen and oxygen atoms in total. The van der Waals surface area contributed by atoms with Gasteiger partial charge in [0.05, 0.1) is 16.8 Å². The van der Waals surface area contributed by atoms with Crippen LogP contribution in [0.2, 0.25) is 0 Å². The number of nitrogens with zero attached hydrogens (tertiary/aromatic N) is 4. The molecule has 2 amide bonds. The van der Waals surface area contributed by atoms with Crippen LogP contribution in [0.5, 0.6) is 0 Å². The van der Waals surface area contributed by atoms with Gasteiger partial charge < -0.3 is 10.6 Å². The molecule has 0 atom stereocenters. The third kappa shape index (κ3) is 4.46. The average molecular weight is 446 g/mol. The van der Waals surface area contributed by atoms with E-state index in [4.69, 9.17) is 0 Å². The molecule has 3 aromatic heterocycles. The van der Waals surface area contributed by atoms with Crippen molar-refractivity contribution < 1.29 is 9.59 Å². The molecule has 5 rings (SSSR count). The van der Waals surface area contributed by atoms with Gasteiger partial charge >= 0.3 is 0 Å². The fourth-order valence-electron chi connectivity index (χ4n) is 3.49. The zero-order valence-corrected chi connectivity index (χ0v) is 17.8. The second-order valence-electron chi connectivity index (χ2n) is 7.39. The first kappa shape index (κ1) is 20.9. The van der Waals surface area contributed by atoms with Gasteiger partial charge in [0.1, 0.15) is 12.1 Å². The van der Waals surface area contributed by atoms with Gasteiger partial charge in [-0.3, -0.25) is 19.6 Å². The topological polar surface area (TPSA) is 110 Å². The highest BCUT2D eigenvalue weighted by Gasteiger charge is 2.12.